The van der Waals surface area contributed by atoms with Gasteiger partial charge in [-0.15, -0.1) is 0 Å². The van der Waals surface area contributed by atoms with E-state index in [-0.39, 0.29) is 0 Å². The van der Waals surface area contributed by atoms with E-state index < -0.39 is 0 Å². The summed E-state index contributed by atoms with van der Waals surface area (Å²) >= 11 is 0. The number of hydrogen-bond acceptors (Lipinski definition) is 6. The molecule has 1 N–H and O–H groups in total. The second-order valence-electron chi connectivity index (χ2n) is 5.58. The van der Waals surface area contributed by atoms with E-state index in [1.807, 2.05) is 14.1 Å². The molecule has 2 aromatic heterocycles. The minimum atomic E-state index is 0.346. The number of hydrogen-bond donors (Lipinski definition) is 1. The van der Waals surface area contributed by atoms with Crippen LogP contribution in [0, 0.1) is 0 Å². The average molecular weight is 290 g/mol. The van der Waals surface area contributed by atoms with Crippen molar-refractivity contribution < 1.29 is 4.74 Å². The number of rotatable bonds is 5. The standard InChI is InChI=1S/C14H22N6O/c1-15-13-11-7-16-20(3)14(11)18-12(17-13)9-19(2)8-10-5-4-6-21-10/h7,10H,4-6,8-9H2,1-3H3,(H,15,17,18). The van der Waals surface area contributed by atoms with Crippen LogP contribution >= 0.6 is 0 Å². The zero-order valence-corrected chi connectivity index (χ0v) is 12.8. The molecule has 0 radical (unpaired) electrons. The van der Waals surface area contributed by atoms with Crippen molar-refractivity contribution >= 4 is 16.9 Å². The summed E-state index contributed by atoms with van der Waals surface area (Å²) in [7, 11) is 5.85. The maximum atomic E-state index is 5.67. The molecule has 0 aromatic carbocycles. The maximum absolute atomic E-state index is 5.67. The summed E-state index contributed by atoms with van der Waals surface area (Å²) < 4.78 is 7.45. The summed E-state index contributed by atoms with van der Waals surface area (Å²) in [6.07, 6.45) is 4.45. The Bertz CT molecular complexity index is 619. The lowest BCUT2D eigenvalue weighted by molar-refractivity contribution is 0.0786. The van der Waals surface area contributed by atoms with Crippen molar-refractivity contribution in [2.45, 2.75) is 25.5 Å². The van der Waals surface area contributed by atoms with E-state index in [2.05, 4.69) is 32.3 Å². The van der Waals surface area contributed by atoms with Gasteiger partial charge in [0.05, 0.1) is 24.2 Å². The van der Waals surface area contributed by atoms with Gasteiger partial charge in [-0.1, -0.05) is 0 Å². The molecule has 1 unspecified atom stereocenters. The van der Waals surface area contributed by atoms with Crippen LogP contribution in [0.15, 0.2) is 6.20 Å². The van der Waals surface area contributed by atoms with Gasteiger partial charge in [0.25, 0.3) is 0 Å². The van der Waals surface area contributed by atoms with Crippen LogP contribution in [0.3, 0.4) is 0 Å². The van der Waals surface area contributed by atoms with Crippen molar-refractivity contribution in [2.24, 2.45) is 7.05 Å². The minimum absolute atomic E-state index is 0.346. The predicted octanol–water partition coefficient (Wildman–Crippen LogP) is 1.02. The summed E-state index contributed by atoms with van der Waals surface area (Å²) in [6, 6.07) is 0. The normalized spacial score (nSPS) is 18.8. The molecule has 7 nitrogen and oxygen atoms in total. The first-order valence-electron chi connectivity index (χ1n) is 7.34. The highest BCUT2D eigenvalue weighted by Crippen LogP contribution is 2.20. The molecule has 1 saturated heterocycles. The summed E-state index contributed by atoms with van der Waals surface area (Å²) in [6.45, 7) is 2.51. The Morgan fingerprint density at radius 1 is 1.48 bits per heavy atom. The van der Waals surface area contributed by atoms with Crippen molar-refractivity contribution in [3.8, 4) is 0 Å². The molecule has 1 fully saturated rings. The number of nitrogens with one attached hydrogen (secondary N) is 1. The Morgan fingerprint density at radius 3 is 3.05 bits per heavy atom. The second-order valence-corrected chi connectivity index (χ2v) is 5.58. The van der Waals surface area contributed by atoms with Gasteiger partial charge in [0.2, 0.25) is 0 Å². The van der Waals surface area contributed by atoms with Gasteiger partial charge in [0, 0.05) is 27.2 Å². The van der Waals surface area contributed by atoms with Gasteiger partial charge < -0.3 is 10.1 Å². The van der Waals surface area contributed by atoms with E-state index in [0.29, 0.717) is 12.6 Å². The molecule has 0 spiro atoms. The molecule has 1 aliphatic rings. The van der Waals surface area contributed by atoms with E-state index >= 15 is 0 Å². The number of anilines is 1. The topological polar surface area (TPSA) is 68.1 Å². The molecule has 114 valence electrons. The zero-order valence-electron chi connectivity index (χ0n) is 12.8. The van der Waals surface area contributed by atoms with Gasteiger partial charge >= 0.3 is 0 Å². The Balaban J connectivity index is 1.77. The summed E-state index contributed by atoms with van der Waals surface area (Å²) in [5.41, 5.74) is 0.856. The molecule has 0 saturated carbocycles. The van der Waals surface area contributed by atoms with Crippen molar-refractivity contribution in [1.82, 2.24) is 24.6 Å². The number of aryl methyl sites for hydroxylation is 1. The molecule has 0 amide bonds. The van der Waals surface area contributed by atoms with Crippen LogP contribution in [0.25, 0.3) is 11.0 Å². The number of aromatic nitrogens is 4. The highest BCUT2D eigenvalue weighted by Gasteiger charge is 2.18. The molecule has 0 aliphatic carbocycles. The van der Waals surface area contributed by atoms with E-state index in [4.69, 9.17) is 4.74 Å². The third kappa shape index (κ3) is 2.98. The number of fused-ring (bicyclic) bond motifs is 1. The molecule has 7 heteroatoms. The van der Waals surface area contributed by atoms with Crippen LogP contribution in [-0.2, 0) is 18.3 Å². The van der Waals surface area contributed by atoms with Gasteiger partial charge in [0.1, 0.15) is 11.6 Å². The van der Waals surface area contributed by atoms with Crippen molar-refractivity contribution in [2.75, 3.05) is 32.6 Å². The first kappa shape index (κ1) is 14.2. The first-order valence-corrected chi connectivity index (χ1v) is 7.34. The Kier molecular flexibility index (Phi) is 4.03. The number of ether oxygens (including phenoxy) is 1. The largest absolute Gasteiger partial charge is 0.377 e. The zero-order chi connectivity index (χ0) is 14.8. The summed E-state index contributed by atoms with van der Waals surface area (Å²) in [5, 5.41) is 8.32. The highest BCUT2D eigenvalue weighted by molar-refractivity contribution is 5.86. The quantitative estimate of drug-likeness (QED) is 0.886. The van der Waals surface area contributed by atoms with E-state index in [1.54, 1.807) is 10.9 Å². The maximum Gasteiger partial charge on any atom is 0.163 e. The van der Waals surface area contributed by atoms with E-state index in [1.165, 1.54) is 6.42 Å². The molecule has 2 aromatic rings. The fourth-order valence-corrected chi connectivity index (χ4v) is 2.77. The van der Waals surface area contributed by atoms with Gasteiger partial charge in [0.15, 0.2) is 5.65 Å². The van der Waals surface area contributed by atoms with Crippen LogP contribution in [0.5, 0.6) is 0 Å². The Hall–Kier alpha value is -1.73. The van der Waals surface area contributed by atoms with Crippen molar-refractivity contribution in [1.29, 1.82) is 0 Å². The molecule has 1 atom stereocenters. The Labute approximate surface area is 124 Å². The van der Waals surface area contributed by atoms with Crippen LogP contribution in [-0.4, -0.2) is 58.0 Å². The SMILES string of the molecule is CNc1nc(CN(C)CC2CCCO2)nc2c1cnn2C. The first-order chi connectivity index (χ1) is 10.2. The van der Waals surface area contributed by atoms with Crippen molar-refractivity contribution in [3.05, 3.63) is 12.0 Å². The monoisotopic (exact) mass is 290 g/mol. The molecule has 3 rings (SSSR count). The van der Waals surface area contributed by atoms with Crippen LogP contribution < -0.4 is 5.32 Å². The number of nitrogens with zero attached hydrogens (tertiary/aromatic N) is 5. The summed E-state index contributed by atoms with van der Waals surface area (Å²) in [4.78, 5) is 11.4. The predicted molar refractivity (Wildman–Crippen MR) is 81.2 cm³/mol. The van der Waals surface area contributed by atoms with Gasteiger partial charge in [-0.05, 0) is 19.9 Å². The fourth-order valence-electron chi connectivity index (χ4n) is 2.77. The lowest BCUT2D eigenvalue weighted by Crippen LogP contribution is -2.29. The number of likely N-dealkylation sites (N-methyl/N-ethyl adjacent to an activating group) is 1. The third-order valence-electron chi connectivity index (χ3n) is 3.83. The van der Waals surface area contributed by atoms with Gasteiger partial charge in [-0.3, -0.25) is 9.58 Å². The lowest BCUT2D eigenvalue weighted by atomic mass is 10.2. The minimum Gasteiger partial charge on any atom is -0.377 e. The summed E-state index contributed by atoms with van der Waals surface area (Å²) in [5.74, 6) is 1.63. The molecular weight excluding hydrogens is 268 g/mol. The molecule has 0 bridgehead atoms. The van der Waals surface area contributed by atoms with Gasteiger partial charge in [-0.25, -0.2) is 9.97 Å². The second kappa shape index (κ2) is 5.95. The third-order valence-corrected chi connectivity index (χ3v) is 3.83. The molecular formula is C14H22N6O. The fraction of sp³-hybridized carbons (Fsp3) is 0.643. The van der Waals surface area contributed by atoms with Crippen LogP contribution in [0.2, 0.25) is 0 Å². The molecule has 21 heavy (non-hydrogen) atoms. The van der Waals surface area contributed by atoms with Crippen LogP contribution in [0.4, 0.5) is 5.82 Å². The average Bonchev–Trinajstić information content (AvgIpc) is 3.09. The van der Waals surface area contributed by atoms with Crippen molar-refractivity contribution in [3.63, 3.8) is 0 Å². The van der Waals surface area contributed by atoms with E-state index in [9.17, 15) is 0 Å². The lowest BCUT2D eigenvalue weighted by Gasteiger charge is -2.19. The van der Waals surface area contributed by atoms with Crippen LogP contribution in [0.1, 0.15) is 18.7 Å². The molecule has 3 heterocycles. The van der Waals surface area contributed by atoms with Gasteiger partial charge in [-0.2, -0.15) is 5.10 Å². The van der Waals surface area contributed by atoms with E-state index in [0.717, 1.165) is 42.2 Å². The Morgan fingerprint density at radius 2 is 2.33 bits per heavy atom. The smallest absolute Gasteiger partial charge is 0.163 e. The highest BCUT2D eigenvalue weighted by atomic mass is 16.5. The molecule has 1 aliphatic heterocycles.